The summed E-state index contributed by atoms with van der Waals surface area (Å²) >= 11 is 0. The standard InChI is InChI=1S/C3H9N.Mg/c1-4(2)3;/h1-3H3;. The van der Waals surface area contributed by atoms with Crippen molar-refractivity contribution in [1.29, 1.82) is 0 Å². The van der Waals surface area contributed by atoms with Crippen LogP contribution in [0.4, 0.5) is 0 Å². The van der Waals surface area contributed by atoms with Crippen LogP contribution in [0.25, 0.3) is 0 Å². The molecule has 0 aliphatic heterocycles. The van der Waals surface area contributed by atoms with Crippen molar-refractivity contribution in [1.82, 2.24) is 4.90 Å². The van der Waals surface area contributed by atoms with Crippen LogP contribution >= 0.6 is 0 Å². The molecule has 0 aliphatic rings. The maximum absolute atomic E-state index is 2.00. The van der Waals surface area contributed by atoms with Crippen LogP contribution in [0.3, 0.4) is 0 Å². The Morgan fingerprint density at radius 2 is 1.00 bits per heavy atom. The van der Waals surface area contributed by atoms with Crippen LogP contribution in [0.2, 0.25) is 0 Å². The van der Waals surface area contributed by atoms with Crippen LogP contribution in [-0.4, -0.2) is 49.1 Å². The van der Waals surface area contributed by atoms with E-state index in [1.165, 1.54) is 0 Å². The first-order valence-electron chi connectivity index (χ1n) is 1.34. The predicted molar refractivity (Wildman–Crippen MR) is 25.4 cm³/mol. The summed E-state index contributed by atoms with van der Waals surface area (Å²) in [4.78, 5) is 2.00. The van der Waals surface area contributed by atoms with Crippen LogP contribution in [0.1, 0.15) is 0 Å². The van der Waals surface area contributed by atoms with Crippen molar-refractivity contribution in [3.63, 3.8) is 0 Å². The maximum Gasteiger partial charge on any atom is 0 e. The summed E-state index contributed by atoms with van der Waals surface area (Å²) in [7, 11) is 6.00. The molecule has 1 nitrogen and oxygen atoms in total. The molecule has 0 rings (SSSR count). The van der Waals surface area contributed by atoms with Crippen molar-refractivity contribution in [2.45, 2.75) is 0 Å². The molecule has 0 fully saturated rings. The molecular formula is C3H9MgN. The van der Waals surface area contributed by atoms with Crippen LogP contribution in [0.5, 0.6) is 0 Å². The minimum Gasteiger partial charge on any atom is -0.312 e. The fourth-order valence-corrected chi connectivity index (χ4v) is 0. The van der Waals surface area contributed by atoms with Gasteiger partial charge in [0.25, 0.3) is 0 Å². The molecule has 5 heavy (non-hydrogen) atoms. The second-order valence-corrected chi connectivity index (χ2v) is 1.34. The molecule has 2 radical (unpaired) electrons. The van der Waals surface area contributed by atoms with Crippen molar-refractivity contribution in [3.05, 3.63) is 0 Å². The molecule has 0 aromatic heterocycles. The third-order valence-corrected chi connectivity index (χ3v) is 0. The quantitative estimate of drug-likeness (QED) is 0.367. The van der Waals surface area contributed by atoms with E-state index >= 15 is 0 Å². The highest BCUT2D eigenvalue weighted by Crippen LogP contribution is 1.47. The average molecular weight is 83.4 g/mol. The van der Waals surface area contributed by atoms with Gasteiger partial charge in [-0.25, -0.2) is 0 Å². The highest BCUT2D eigenvalue weighted by molar-refractivity contribution is 5.75. The van der Waals surface area contributed by atoms with Gasteiger partial charge in [0.1, 0.15) is 0 Å². The molecule has 0 amide bonds. The Kier molecular flexibility index (Phi) is 8.71. The Bertz CT molecular complexity index is 11.6. The second kappa shape index (κ2) is 4.73. The fraction of sp³-hybridized carbons (Fsp3) is 1.00. The Balaban J connectivity index is 0. The summed E-state index contributed by atoms with van der Waals surface area (Å²) < 4.78 is 0. The van der Waals surface area contributed by atoms with Crippen LogP contribution in [0, 0.1) is 0 Å². The molecule has 0 atom stereocenters. The molecule has 0 aliphatic carbocycles. The van der Waals surface area contributed by atoms with E-state index in [1.54, 1.807) is 0 Å². The average Bonchev–Trinajstić information content (AvgIpc) is 0.811. The van der Waals surface area contributed by atoms with Gasteiger partial charge in [-0.05, 0) is 21.1 Å². The number of rotatable bonds is 0. The first-order valence-corrected chi connectivity index (χ1v) is 1.34. The normalized spacial score (nSPS) is 7.20. The summed E-state index contributed by atoms with van der Waals surface area (Å²) in [6.07, 6.45) is 0. The van der Waals surface area contributed by atoms with Crippen molar-refractivity contribution in [2.24, 2.45) is 0 Å². The lowest BCUT2D eigenvalue weighted by atomic mass is 11.0. The molecule has 28 valence electrons. The van der Waals surface area contributed by atoms with Gasteiger partial charge in [0.05, 0.1) is 0 Å². The minimum atomic E-state index is 0. The van der Waals surface area contributed by atoms with Gasteiger partial charge in [0.15, 0.2) is 0 Å². The molecule has 0 aromatic carbocycles. The molecule has 2 heteroatoms. The summed E-state index contributed by atoms with van der Waals surface area (Å²) in [5.74, 6) is 0. The van der Waals surface area contributed by atoms with Gasteiger partial charge in [-0.1, -0.05) is 0 Å². The number of nitrogens with zero attached hydrogens (tertiary/aromatic N) is 1. The van der Waals surface area contributed by atoms with Gasteiger partial charge in [0, 0.05) is 23.1 Å². The van der Waals surface area contributed by atoms with Crippen LogP contribution in [-0.2, 0) is 0 Å². The molecule has 0 spiro atoms. The summed E-state index contributed by atoms with van der Waals surface area (Å²) in [5.41, 5.74) is 0. The zero-order chi connectivity index (χ0) is 3.58. The lowest BCUT2D eigenvalue weighted by molar-refractivity contribution is 0.505. The lowest BCUT2D eigenvalue weighted by Crippen LogP contribution is -1.99. The molecule has 0 saturated carbocycles. The molecule has 0 saturated heterocycles. The molecule has 0 unspecified atom stereocenters. The maximum atomic E-state index is 2.00. The zero-order valence-electron chi connectivity index (χ0n) is 4.15. The summed E-state index contributed by atoms with van der Waals surface area (Å²) in [5, 5.41) is 0. The van der Waals surface area contributed by atoms with Crippen LogP contribution in [0.15, 0.2) is 0 Å². The number of hydrogen-bond acceptors (Lipinski definition) is 1. The van der Waals surface area contributed by atoms with Gasteiger partial charge < -0.3 is 4.90 Å². The highest BCUT2D eigenvalue weighted by Gasteiger charge is 1.58. The van der Waals surface area contributed by atoms with Crippen molar-refractivity contribution >= 4 is 23.1 Å². The van der Waals surface area contributed by atoms with Crippen molar-refractivity contribution < 1.29 is 0 Å². The smallest absolute Gasteiger partial charge is 0 e. The summed E-state index contributed by atoms with van der Waals surface area (Å²) in [6.45, 7) is 0. The van der Waals surface area contributed by atoms with Gasteiger partial charge in [0.2, 0.25) is 0 Å². The van der Waals surface area contributed by atoms with E-state index in [0.29, 0.717) is 0 Å². The first-order chi connectivity index (χ1) is 1.73. The highest BCUT2D eigenvalue weighted by atomic mass is 24.3. The third kappa shape index (κ3) is 66.6. The lowest BCUT2D eigenvalue weighted by Gasteiger charge is -1.90. The topological polar surface area (TPSA) is 3.24 Å². The third-order valence-electron chi connectivity index (χ3n) is 0. The van der Waals surface area contributed by atoms with E-state index in [4.69, 9.17) is 0 Å². The fourth-order valence-electron chi connectivity index (χ4n) is 0. The molecule has 0 N–H and O–H groups in total. The Hall–Kier alpha value is 0.726. The van der Waals surface area contributed by atoms with Gasteiger partial charge in [-0.15, -0.1) is 0 Å². The van der Waals surface area contributed by atoms with Gasteiger partial charge in [-0.3, -0.25) is 0 Å². The van der Waals surface area contributed by atoms with E-state index in [-0.39, 0.29) is 23.1 Å². The van der Waals surface area contributed by atoms with Gasteiger partial charge >= 0.3 is 0 Å². The van der Waals surface area contributed by atoms with E-state index in [9.17, 15) is 0 Å². The van der Waals surface area contributed by atoms with E-state index < -0.39 is 0 Å². The molecule has 0 aromatic rings. The van der Waals surface area contributed by atoms with Crippen molar-refractivity contribution in [3.8, 4) is 0 Å². The molecule has 0 heterocycles. The van der Waals surface area contributed by atoms with Gasteiger partial charge in [-0.2, -0.15) is 0 Å². The Morgan fingerprint density at radius 1 is 1.00 bits per heavy atom. The SMILES string of the molecule is CN(C)C.[Mg]. The van der Waals surface area contributed by atoms with E-state index in [0.717, 1.165) is 0 Å². The second-order valence-electron chi connectivity index (χ2n) is 1.34. The Morgan fingerprint density at radius 3 is 1.00 bits per heavy atom. The largest absolute Gasteiger partial charge is 0.312 e. The summed E-state index contributed by atoms with van der Waals surface area (Å²) in [6, 6.07) is 0. The first kappa shape index (κ1) is 9.21. The van der Waals surface area contributed by atoms with E-state index in [1.807, 2.05) is 26.0 Å². The zero-order valence-corrected chi connectivity index (χ0v) is 5.57. The monoisotopic (exact) mass is 83.1 g/mol. The number of hydrogen-bond donors (Lipinski definition) is 0. The van der Waals surface area contributed by atoms with Crippen molar-refractivity contribution in [2.75, 3.05) is 21.1 Å². The van der Waals surface area contributed by atoms with E-state index in [2.05, 4.69) is 0 Å². The minimum absolute atomic E-state index is 0. The predicted octanol–water partition coefficient (Wildman–Crippen LogP) is -0.203. The Labute approximate surface area is 49.5 Å². The van der Waals surface area contributed by atoms with Crippen LogP contribution < -0.4 is 0 Å². The molecular weight excluding hydrogens is 74.3 g/mol. The molecule has 0 bridgehead atoms.